The molecule has 0 heterocycles. The Balaban J connectivity index is 3.04. The predicted molar refractivity (Wildman–Crippen MR) is 73.7 cm³/mol. The summed E-state index contributed by atoms with van der Waals surface area (Å²) >= 11 is 0. The van der Waals surface area contributed by atoms with Gasteiger partial charge in [-0.05, 0) is 27.0 Å². The Morgan fingerprint density at radius 3 is 2.39 bits per heavy atom. The molecule has 18 heavy (non-hydrogen) atoms. The van der Waals surface area contributed by atoms with Gasteiger partial charge < -0.3 is 10.1 Å². The predicted octanol–water partition coefficient (Wildman–Crippen LogP) is 1.78. The summed E-state index contributed by atoms with van der Waals surface area (Å²) in [6.07, 6.45) is 0. The molecule has 0 aromatic heterocycles. The summed E-state index contributed by atoms with van der Waals surface area (Å²) in [4.78, 5) is 0. The lowest BCUT2D eigenvalue weighted by atomic mass is 10.1. The number of ether oxygens (including phenoxy) is 1. The first-order chi connectivity index (χ1) is 8.42. The van der Waals surface area contributed by atoms with Crippen LogP contribution in [-0.2, 0) is 9.84 Å². The van der Waals surface area contributed by atoms with Crippen molar-refractivity contribution in [3.05, 3.63) is 29.8 Å². The molecule has 0 saturated carbocycles. The zero-order valence-electron chi connectivity index (χ0n) is 11.3. The van der Waals surface area contributed by atoms with E-state index in [4.69, 9.17) is 4.74 Å². The Morgan fingerprint density at radius 1 is 1.28 bits per heavy atom. The van der Waals surface area contributed by atoms with Gasteiger partial charge in [0.25, 0.3) is 0 Å². The minimum atomic E-state index is -3.10. The van der Waals surface area contributed by atoms with Crippen LogP contribution in [0.5, 0.6) is 5.75 Å². The van der Waals surface area contributed by atoms with Crippen molar-refractivity contribution >= 4 is 9.84 Å². The molecule has 1 N–H and O–H groups in total. The van der Waals surface area contributed by atoms with E-state index in [-0.39, 0.29) is 17.0 Å². The van der Waals surface area contributed by atoms with Gasteiger partial charge in [-0.25, -0.2) is 8.42 Å². The lowest BCUT2D eigenvalue weighted by Crippen LogP contribution is -2.29. The Hall–Kier alpha value is -1.07. The molecule has 1 aromatic carbocycles. The monoisotopic (exact) mass is 271 g/mol. The minimum absolute atomic E-state index is 0.0710. The van der Waals surface area contributed by atoms with Crippen molar-refractivity contribution < 1.29 is 13.2 Å². The van der Waals surface area contributed by atoms with Gasteiger partial charge in [0.05, 0.1) is 18.1 Å². The maximum Gasteiger partial charge on any atom is 0.154 e. The van der Waals surface area contributed by atoms with Crippen LogP contribution in [-0.4, -0.2) is 33.6 Å². The van der Waals surface area contributed by atoms with Gasteiger partial charge >= 0.3 is 0 Å². The molecule has 1 atom stereocenters. The maximum absolute atomic E-state index is 12.0. The first-order valence-corrected chi connectivity index (χ1v) is 7.65. The lowest BCUT2D eigenvalue weighted by molar-refractivity contribution is 0.404. The summed E-state index contributed by atoms with van der Waals surface area (Å²) in [5.41, 5.74) is 0.867. The highest BCUT2D eigenvalue weighted by atomic mass is 32.2. The molecule has 0 amide bonds. The van der Waals surface area contributed by atoms with Gasteiger partial charge in [0.15, 0.2) is 9.84 Å². The Kier molecular flexibility index (Phi) is 5.16. The van der Waals surface area contributed by atoms with Crippen LogP contribution < -0.4 is 10.1 Å². The summed E-state index contributed by atoms with van der Waals surface area (Å²) in [6, 6.07) is 7.21. The molecule has 0 radical (unpaired) electrons. The van der Waals surface area contributed by atoms with E-state index in [1.807, 2.05) is 24.3 Å². The second kappa shape index (κ2) is 6.20. The fourth-order valence-electron chi connectivity index (χ4n) is 1.71. The average Bonchev–Trinajstić information content (AvgIpc) is 2.35. The summed E-state index contributed by atoms with van der Waals surface area (Å²) in [5, 5.41) is 2.67. The van der Waals surface area contributed by atoms with Crippen molar-refractivity contribution in [2.24, 2.45) is 0 Å². The van der Waals surface area contributed by atoms with Crippen molar-refractivity contribution in [1.29, 1.82) is 0 Å². The van der Waals surface area contributed by atoms with Gasteiger partial charge in [-0.3, -0.25) is 0 Å². The van der Waals surface area contributed by atoms with Gasteiger partial charge in [0, 0.05) is 11.6 Å². The fourth-order valence-corrected chi connectivity index (χ4v) is 2.90. The number of methoxy groups -OCH3 is 1. The Morgan fingerprint density at radius 2 is 1.89 bits per heavy atom. The van der Waals surface area contributed by atoms with Crippen molar-refractivity contribution in [2.75, 3.05) is 19.9 Å². The third-order valence-corrected chi connectivity index (χ3v) is 5.21. The molecule has 4 nitrogen and oxygen atoms in total. The molecular weight excluding hydrogens is 250 g/mol. The van der Waals surface area contributed by atoms with E-state index in [2.05, 4.69) is 5.32 Å². The van der Waals surface area contributed by atoms with Gasteiger partial charge in [0.1, 0.15) is 5.75 Å². The summed E-state index contributed by atoms with van der Waals surface area (Å²) in [5.74, 6) is 0.775. The topological polar surface area (TPSA) is 55.4 Å². The first kappa shape index (κ1) is 15.0. The zero-order valence-corrected chi connectivity index (χ0v) is 12.1. The van der Waals surface area contributed by atoms with Gasteiger partial charge in [-0.2, -0.15) is 0 Å². The highest BCUT2D eigenvalue weighted by molar-refractivity contribution is 7.92. The van der Waals surface area contributed by atoms with Crippen LogP contribution >= 0.6 is 0 Å². The Labute approximate surface area is 109 Å². The van der Waals surface area contributed by atoms with Gasteiger partial charge in [-0.15, -0.1) is 0 Å². The highest BCUT2D eigenvalue weighted by Crippen LogP contribution is 2.26. The number of hydrogen-bond donors (Lipinski definition) is 1. The fraction of sp³-hybridized carbons (Fsp3) is 0.538. The van der Waals surface area contributed by atoms with Gasteiger partial charge in [0.2, 0.25) is 0 Å². The average molecular weight is 271 g/mol. The second-order valence-corrected chi connectivity index (χ2v) is 7.06. The number of benzene rings is 1. The number of hydrogen-bond acceptors (Lipinski definition) is 4. The van der Waals surface area contributed by atoms with Crippen LogP contribution in [0.15, 0.2) is 24.3 Å². The SMILES string of the molecule is CNC(CS(=O)(=O)C(C)C)c1ccccc1OC. The number of para-hydroxylation sites is 1. The molecular formula is C13H21NO3S. The quantitative estimate of drug-likeness (QED) is 0.857. The molecule has 1 aromatic rings. The first-order valence-electron chi connectivity index (χ1n) is 5.94. The minimum Gasteiger partial charge on any atom is -0.496 e. The molecule has 1 rings (SSSR count). The molecule has 1 unspecified atom stereocenters. The van der Waals surface area contributed by atoms with E-state index in [1.54, 1.807) is 28.0 Å². The van der Waals surface area contributed by atoms with Crippen molar-refractivity contribution in [3.8, 4) is 5.75 Å². The van der Waals surface area contributed by atoms with Crippen LogP contribution in [0.1, 0.15) is 25.5 Å². The van der Waals surface area contributed by atoms with E-state index < -0.39 is 9.84 Å². The Bertz CT molecular complexity index is 483. The normalized spacial score (nSPS) is 13.6. The number of sulfone groups is 1. The molecule has 5 heteroatoms. The molecule has 0 bridgehead atoms. The van der Waals surface area contributed by atoms with E-state index in [9.17, 15) is 8.42 Å². The van der Waals surface area contributed by atoms with E-state index in [1.165, 1.54) is 0 Å². The smallest absolute Gasteiger partial charge is 0.154 e. The van der Waals surface area contributed by atoms with E-state index in [0.717, 1.165) is 5.56 Å². The third kappa shape index (κ3) is 3.46. The van der Waals surface area contributed by atoms with Crippen molar-refractivity contribution in [1.82, 2.24) is 5.32 Å². The van der Waals surface area contributed by atoms with E-state index in [0.29, 0.717) is 5.75 Å². The largest absolute Gasteiger partial charge is 0.496 e. The number of rotatable bonds is 6. The van der Waals surface area contributed by atoms with Crippen LogP contribution in [0.2, 0.25) is 0 Å². The molecule has 0 aliphatic heterocycles. The van der Waals surface area contributed by atoms with Crippen LogP contribution in [0.25, 0.3) is 0 Å². The summed E-state index contributed by atoms with van der Waals surface area (Å²) in [7, 11) is 0.242. The lowest BCUT2D eigenvalue weighted by Gasteiger charge is -2.20. The van der Waals surface area contributed by atoms with Crippen molar-refractivity contribution in [3.63, 3.8) is 0 Å². The highest BCUT2D eigenvalue weighted by Gasteiger charge is 2.24. The van der Waals surface area contributed by atoms with Crippen LogP contribution in [0, 0.1) is 0 Å². The standard InChI is InChI=1S/C13H21NO3S/c1-10(2)18(15,16)9-12(14-3)11-7-5-6-8-13(11)17-4/h5-8,10,12,14H,9H2,1-4H3. The van der Waals surface area contributed by atoms with Crippen LogP contribution in [0.4, 0.5) is 0 Å². The molecule has 0 fully saturated rings. The molecule has 0 aliphatic rings. The zero-order chi connectivity index (χ0) is 13.8. The molecule has 0 aliphatic carbocycles. The third-order valence-electron chi connectivity index (χ3n) is 2.98. The molecule has 102 valence electrons. The second-order valence-electron chi connectivity index (χ2n) is 4.46. The van der Waals surface area contributed by atoms with Gasteiger partial charge in [-0.1, -0.05) is 18.2 Å². The number of nitrogens with one attached hydrogen (secondary N) is 1. The summed E-state index contributed by atoms with van der Waals surface area (Å²) < 4.78 is 29.3. The molecule has 0 spiro atoms. The van der Waals surface area contributed by atoms with E-state index >= 15 is 0 Å². The van der Waals surface area contributed by atoms with Crippen molar-refractivity contribution in [2.45, 2.75) is 25.1 Å². The summed E-state index contributed by atoms with van der Waals surface area (Å²) in [6.45, 7) is 3.40. The molecule has 0 saturated heterocycles. The van der Waals surface area contributed by atoms with Crippen LogP contribution in [0.3, 0.4) is 0 Å². The maximum atomic E-state index is 12.0.